The van der Waals surface area contributed by atoms with Crippen LogP contribution in [0.4, 0.5) is 0 Å². The Hall–Kier alpha value is -1.38. The summed E-state index contributed by atoms with van der Waals surface area (Å²) in [6.07, 6.45) is 0. The molecule has 0 radical (unpaired) electrons. The van der Waals surface area contributed by atoms with Gasteiger partial charge in [-0.15, -0.1) is 0 Å². The molecule has 1 aromatic rings. The van der Waals surface area contributed by atoms with Crippen molar-refractivity contribution in [3.05, 3.63) is 17.7 Å². The summed E-state index contributed by atoms with van der Waals surface area (Å²) in [6, 6.07) is 3.32. The minimum Gasteiger partial charge on any atom is -0.504 e. The van der Waals surface area contributed by atoms with E-state index in [9.17, 15) is 5.11 Å². The number of phenols is 1. The Morgan fingerprint density at radius 2 is 1.79 bits per heavy atom. The molecular formula is C11H16O3. The molecule has 0 fully saturated rings. The molecule has 0 saturated carbocycles. The molecule has 0 aliphatic rings. The van der Waals surface area contributed by atoms with E-state index in [4.69, 9.17) is 9.47 Å². The molecule has 78 valence electrons. The molecular weight excluding hydrogens is 180 g/mol. The molecule has 3 nitrogen and oxygen atoms in total. The lowest BCUT2D eigenvalue weighted by Crippen LogP contribution is -1.98. The standard InChI is InChI=1S/C11H16O3/c1-7(2)10-9(13-3)6-5-8(12)11(10)14-4/h5-7,12H,1-4H3. The van der Waals surface area contributed by atoms with Crippen LogP contribution in [0.3, 0.4) is 0 Å². The van der Waals surface area contributed by atoms with Crippen molar-refractivity contribution in [3.8, 4) is 17.2 Å². The maximum absolute atomic E-state index is 9.58. The average Bonchev–Trinajstić information content (AvgIpc) is 2.17. The van der Waals surface area contributed by atoms with Gasteiger partial charge in [-0.25, -0.2) is 0 Å². The maximum Gasteiger partial charge on any atom is 0.167 e. The molecule has 0 amide bonds. The van der Waals surface area contributed by atoms with Gasteiger partial charge in [0.2, 0.25) is 0 Å². The minimum atomic E-state index is 0.150. The molecule has 0 heterocycles. The van der Waals surface area contributed by atoms with Gasteiger partial charge < -0.3 is 14.6 Å². The van der Waals surface area contributed by atoms with E-state index in [1.54, 1.807) is 26.4 Å². The topological polar surface area (TPSA) is 38.7 Å². The molecule has 3 heteroatoms. The predicted molar refractivity (Wildman–Crippen MR) is 55.3 cm³/mol. The van der Waals surface area contributed by atoms with Crippen molar-refractivity contribution in [3.63, 3.8) is 0 Å². The Morgan fingerprint density at radius 3 is 2.21 bits per heavy atom. The monoisotopic (exact) mass is 196 g/mol. The summed E-state index contributed by atoms with van der Waals surface area (Å²) in [5.74, 6) is 1.64. The lowest BCUT2D eigenvalue weighted by Gasteiger charge is -2.16. The molecule has 0 spiro atoms. The van der Waals surface area contributed by atoms with Crippen LogP contribution in [0.1, 0.15) is 25.3 Å². The van der Waals surface area contributed by atoms with Crippen LogP contribution in [0.2, 0.25) is 0 Å². The van der Waals surface area contributed by atoms with E-state index in [1.165, 1.54) is 0 Å². The second-order valence-corrected chi connectivity index (χ2v) is 3.39. The smallest absolute Gasteiger partial charge is 0.167 e. The average molecular weight is 196 g/mol. The van der Waals surface area contributed by atoms with Crippen LogP contribution in [0.5, 0.6) is 17.2 Å². The minimum absolute atomic E-state index is 0.150. The normalized spacial score (nSPS) is 10.4. The largest absolute Gasteiger partial charge is 0.504 e. The van der Waals surface area contributed by atoms with Gasteiger partial charge in [-0.05, 0) is 18.1 Å². The molecule has 0 unspecified atom stereocenters. The number of aromatic hydroxyl groups is 1. The first-order valence-electron chi connectivity index (χ1n) is 4.55. The van der Waals surface area contributed by atoms with Crippen molar-refractivity contribution in [2.75, 3.05) is 14.2 Å². The third-order valence-electron chi connectivity index (χ3n) is 2.14. The van der Waals surface area contributed by atoms with Gasteiger partial charge in [-0.3, -0.25) is 0 Å². The Bertz CT molecular complexity index is 319. The summed E-state index contributed by atoms with van der Waals surface area (Å²) >= 11 is 0. The zero-order valence-corrected chi connectivity index (χ0v) is 9.00. The lowest BCUT2D eigenvalue weighted by molar-refractivity contribution is 0.354. The molecule has 0 aliphatic carbocycles. The molecule has 0 bridgehead atoms. The fourth-order valence-electron chi connectivity index (χ4n) is 1.51. The van der Waals surface area contributed by atoms with Crippen LogP contribution < -0.4 is 9.47 Å². The van der Waals surface area contributed by atoms with Crippen LogP contribution in [0.25, 0.3) is 0 Å². The van der Waals surface area contributed by atoms with E-state index in [0.29, 0.717) is 5.75 Å². The highest BCUT2D eigenvalue weighted by Gasteiger charge is 2.16. The van der Waals surface area contributed by atoms with E-state index < -0.39 is 0 Å². The van der Waals surface area contributed by atoms with Gasteiger partial charge in [0.1, 0.15) is 5.75 Å². The Morgan fingerprint density at radius 1 is 1.14 bits per heavy atom. The second-order valence-electron chi connectivity index (χ2n) is 3.39. The summed E-state index contributed by atoms with van der Waals surface area (Å²) < 4.78 is 10.4. The van der Waals surface area contributed by atoms with Crippen molar-refractivity contribution in [1.82, 2.24) is 0 Å². The number of benzene rings is 1. The summed E-state index contributed by atoms with van der Waals surface area (Å²) in [6.45, 7) is 4.06. The Kier molecular flexibility index (Phi) is 3.23. The van der Waals surface area contributed by atoms with Crippen LogP contribution in [0, 0.1) is 0 Å². The predicted octanol–water partition coefficient (Wildman–Crippen LogP) is 2.53. The van der Waals surface area contributed by atoms with E-state index >= 15 is 0 Å². The molecule has 0 aliphatic heterocycles. The van der Waals surface area contributed by atoms with Crippen molar-refractivity contribution in [1.29, 1.82) is 0 Å². The molecule has 1 aromatic carbocycles. The van der Waals surface area contributed by atoms with Gasteiger partial charge >= 0.3 is 0 Å². The summed E-state index contributed by atoms with van der Waals surface area (Å²) in [5, 5.41) is 9.58. The third-order valence-corrected chi connectivity index (χ3v) is 2.14. The van der Waals surface area contributed by atoms with E-state index in [-0.39, 0.29) is 11.7 Å². The number of ether oxygens (including phenoxy) is 2. The highest BCUT2D eigenvalue weighted by molar-refractivity contribution is 5.54. The Balaban J connectivity index is 3.36. The van der Waals surface area contributed by atoms with Gasteiger partial charge in [0, 0.05) is 5.56 Å². The van der Waals surface area contributed by atoms with Crippen LogP contribution in [-0.2, 0) is 0 Å². The number of rotatable bonds is 3. The van der Waals surface area contributed by atoms with Gasteiger partial charge in [0.15, 0.2) is 11.5 Å². The summed E-state index contributed by atoms with van der Waals surface area (Å²) in [4.78, 5) is 0. The van der Waals surface area contributed by atoms with Crippen LogP contribution in [0.15, 0.2) is 12.1 Å². The molecule has 0 aromatic heterocycles. The van der Waals surface area contributed by atoms with Crippen LogP contribution >= 0.6 is 0 Å². The fourth-order valence-corrected chi connectivity index (χ4v) is 1.51. The zero-order valence-electron chi connectivity index (χ0n) is 9.00. The molecule has 0 atom stereocenters. The zero-order chi connectivity index (χ0) is 10.7. The molecule has 14 heavy (non-hydrogen) atoms. The first-order valence-corrected chi connectivity index (χ1v) is 4.55. The maximum atomic E-state index is 9.58. The van der Waals surface area contributed by atoms with Crippen molar-refractivity contribution in [2.45, 2.75) is 19.8 Å². The second kappa shape index (κ2) is 4.22. The fraction of sp³-hybridized carbons (Fsp3) is 0.455. The number of methoxy groups -OCH3 is 2. The van der Waals surface area contributed by atoms with Crippen molar-refractivity contribution >= 4 is 0 Å². The first-order chi connectivity index (χ1) is 6.61. The molecule has 0 saturated heterocycles. The van der Waals surface area contributed by atoms with Gasteiger partial charge in [-0.1, -0.05) is 13.8 Å². The molecule has 1 rings (SSSR count). The van der Waals surface area contributed by atoms with E-state index in [0.717, 1.165) is 11.3 Å². The number of hydrogen-bond donors (Lipinski definition) is 1. The first kappa shape index (κ1) is 10.7. The van der Waals surface area contributed by atoms with E-state index in [1.807, 2.05) is 13.8 Å². The quantitative estimate of drug-likeness (QED) is 0.807. The van der Waals surface area contributed by atoms with Crippen molar-refractivity contribution < 1.29 is 14.6 Å². The summed E-state index contributed by atoms with van der Waals surface area (Å²) in [7, 11) is 3.15. The van der Waals surface area contributed by atoms with E-state index in [2.05, 4.69) is 0 Å². The van der Waals surface area contributed by atoms with Crippen LogP contribution in [-0.4, -0.2) is 19.3 Å². The van der Waals surface area contributed by atoms with Crippen molar-refractivity contribution in [2.24, 2.45) is 0 Å². The SMILES string of the molecule is COc1ccc(O)c(OC)c1C(C)C. The summed E-state index contributed by atoms with van der Waals surface area (Å²) in [5.41, 5.74) is 0.898. The number of phenolic OH excluding ortho intramolecular Hbond substituents is 1. The van der Waals surface area contributed by atoms with Gasteiger partial charge in [0.05, 0.1) is 14.2 Å². The van der Waals surface area contributed by atoms with Gasteiger partial charge in [-0.2, -0.15) is 0 Å². The highest BCUT2D eigenvalue weighted by Crippen LogP contribution is 2.40. The van der Waals surface area contributed by atoms with Gasteiger partial charge in [0.25, 0.3) is 0 Å². The molecule has 1 N–H and O–H groups in total. The highest BCUT2D eigenvalue weighted by atomic mass is 16.5. The number of hydrogen-bond acceptors (Lipinski definition) is 3. The lowest BCUT2D eigenvalue weighted by atomic mass is 10.0. The third kappa shape index (κ3) is 1.76. The Labute approximate surface area is 84.3 Å².